The number of benzene rings is 1. The number of nitrogens with one attached hydrogen (secondary N) is 2. The molecule has 4 rings (SSSR count). The van der Waals surface area contributed by atoms with E-state index in [9.17, 15) is 9.59 Å². The predicted molar refractivity (Wildman–Crippen MR) is 124 cm³/mol. The molecule has 2 N–H and O–H groups in total. The third-order valence-corrected chi connectivity index (χ3v) is 5.95. The number of piperidine rings is 1. The highest BCUT2D eigenvalue weighted by molar-refractivity contribution is 7.71. The molecule has 1 unspecified atom stereocenters. The number of hydrogen-bond acceptors (Lipinski definition) is 5. The molecule has 0 saturated carbocycles. The monoisotopic (exact) mass is 450 g/mol. The number of carbonyl (C=O) groups excluding carboxylic acids is 2. The third-order valence-electron chi connectivity index (χ3n) is 5.64. The first-order chi connectivity index (χ1) is 15.4. The van der Waals surface area contributed by atoms with E-state index in [2.05, 4.69) is 20.5 Å². The zero-order valence-electron chi connectivity index (χ0n) is 18.2. The van der Waals surface area contributed by atoms with E-state index in [4.69, 9.17) is 12.2 Å². The van der Waals surface area contributed by atoms with Crippen LogP contribution in [-0.2, 0) is 16.1 Å². The Morgan fingerprint density at radius 2 is 2.06 bits per heavy atom. The summed E-state index contributed by atoms with van der Waals surface area (Å²) in [5.74, 6) is 0.686. The zero-order chi connectivity index (χ0) is 22.7. The van der Waals surface area contributed by atoms with Crippen molar-refractivity contribution in [1.82, 2.24) is 24.6 Å². The number of pyridine rings is 1. The smallest absolute Gasteiger partial charge is 0.242 e. The molecule has 1 aliphatic rings. The van der Waals surface area contributed by atoms with Crippen LogP contribution in [0.2, 0.25) is 0 Å². The minimum absolute atomic E-state index is 0.0759. The van der Waals surface area contributed by atoms with Crippen LogP contribution in [0.1, 0.15) is 24.0 Å². The number of rotatable bonds is 5. The average molecular weight is 451 g/mol. The largest absolute Gasteiger partial charge is 0.340 e. The van der Waals surface area contributed by atoms with Crippen LogP contribution in [0, 0.1) is 24.5 Å². The number of aryl methyl sites for hydroxylation is 2. The van der Waals surface area contributed by atoms with Gasteiger partial charge < -0.3 is 10.2 Å². The Morgan fingerprint density at radius 1 is 1.22 bits per heavy atom. The van der Waals surface area contributed by atoms with Crippen molar-refractivity contribution in [2.75, 3.05) is 18.4 Å². The van der Waals surface area contributed by atoms with Gasteiger partial charge in [0.2, 0.25) is 11.8 Å². The second-order valence-electron chi connectivity index (χ2n) is 8.20. The fourth-order valence-corrected chi connectivity index (χ4v) is 4.09. The fraction of sp³-hybridized carbons (Fsp3) is 0.348. The first-order valence-corrected chi connectivity index (χ1v) is 11.0. The highest BCUT2D eigenvalue weighted by Gasteiger charge is 2.29. The summed E-state index contributed by atoms with van der Waals surface area (Å²) >= 11 is 5.38. The molecule has 32 heavy (non-hydrogen) atoms. The molecule has 0 spiro atoms. The van der Waals surface area contributed by atoms with Crippen molar-refractivity contribution < 1.29 is 9.59 Å². The number of likely N-dealkylation sites (tertiary alicyclic amines) is 1. The van der Waals surface area contributed by atoms with Gasteiger partial charge in [-0.15, -0.1) is 0 Å². The number of carbonyl (C=O) groups is 2. The number of aromatic nitrogens is 4. The van der Waals surface area contributed by atoms with Crippen molar-refractivity contribution in [3.05, 3.63) is 58.5 Å². The topological polar surface area (TPSA) is 95.9 Å². The van der Waals surface area contributed by atoms with Gasteiger partial charge >= 0.3 is 0 Å². The quantitative estimate of drug-likeness (QED) is 0.580. The summed E-state index contributed by atoms with van der Waals surface area (Å²) in [5, 5.41) is 9.99. The molecule has 0 aliphatic carbocycles. The molecule has 166 valence electrons. The van der Waals surface area contributed by atoms with Gasteiger partial charge in [-0.05, 0) is 56.6 Å². The normalized spacial score (nSPS) is 16.1. The van der Waals surface area contributed by atoms with E-state index in [-0.39, 0.29) is 24.3 Å². The predicted octanol–water partition coefficient (Wildman–Crippen LogP) is 3.50. The van der Waals surface area contributed by atoms with Crippen LogP contribution in [0.25, 0.3) is 11.4 Å². The first kappa shape index (κ1) is 21.9. The number of hydrogen-bond donors (Lipinski definition) is 2. The highest BCUT2D eigenvalue weighted by atomic mass is 32.1. The third kappa shape index (κ3) is 4.94. The van der Waals surface area contributed by atoms with Crippen molar-refractivity contribution in [3.8, 4) is 11.4 Å². The van der Waals surface area contributed by atoms with Crippen molar-refractivity contribution in [3.63, 3.8) is 0 Å². The number of nitrogens with zero attached hydrogens (tertiary/aromatic N) is 4. The van der Waals surface area contributed by atoms with Gasteiger partial charge in [0.15, 0.2) is 10.6 Å². The van der Waals surface area contributed by atoms with Crippen LogP contribution in [0.4, 0.5) is 5.82 Å². The summed E-state index contributed by atoms with van der Waals surface area (Å²) < 4.78 is 2.11. The van der Waals surface area contributed by atoms with Crippen LogP contribution in [-0.4, -0.2) is 49.6 Å². The molecular formula is C23H26N6O2S. The number of anilines is 1. The zero-order valence-corrected chi connectivity index (χ0v) is 19.0. The Morgan fingerprint density at radius 3 is 2.81 bits per heavy atom. The van der Waals surface area contributed by atoms with Crippen molar-refractivity contribution in [1.29, 1.82) is 0 Å². The number of H-pyrrole nitrogens is 1. The summed E-state index contributed by atoms with van der Waals surface area (Å²) in [6.45, 7) is 5.02. The maximum atomic E-state index is 13.1. The molecule has 8 nitrogen and oxygen atoms in total. The molecule has 3 aromatic rings. The lowest BCUT2D eigenvalue weighted by Gasteiger charge is -2.32. The van der Waals surface area contributed by atoms with Gasteiger partial charge in [0.05, 0.1) is 5.92 Å². The Bertz CT molecular complexity index is 1180. The molecule has 1 saturated heterocycles. The van der Waals surface area contributed by atoms with Gasteiger partial charge in [0.25, 0.3) is 0 Å². The Labute approximate surface area is 191 Å². The van der Waals surface area contributed by atoms with Gasteiger partial charge in [-0.3, -0.25) is 19.3 Å². The van der Waals surface area contributed by atoms with Crippen molar-refractivity contribution >= 4 is 29.9 Å². The minimum Gasteiger partial charge on any atom is -0.340 e. The summed E-state index contributed by atoms with van der Waals surface area (Å²) in [5.41, 5.74) is 3.02. The van der Waals surface area contributed by atoms with Crippen LogP contribution in [0.15, 0.2) is 42.6 Å². The second-order valence-corrected chi connectivity index (χ2v) is 8.58. The van der Waals surface area contributed by atoms with Gasteiger partial charge in [-0.1, -0.05) is 29.8 Å². The van der Waals surface area contributed by atoms with E-state index >= 15 is 0 Å². The summed E-state index contributed by atoms with van der Waals surface area (Å²) in [6.07, 6.45) is 3.22. The molecular weight excluding hydrogens is 424 g/mol. The SMILES string of the molecule is Cc1ccc(NC(=O)C2CCCN(C(=O)Cn3c(-c4cccc(C)c4)n[nH]c3=S)C2)nc1. The lowest BCUT2D eigenvalue weighted by Crippen LogP contribution is -2.45. The van der Waals surface area contributed by atoms with Gasteiger partial charge in [-0.25, -0.2) is 4.98 Å². The Hall–Kier alpha value is -3.33. The molecule has 0 bridgehead atoms. The highest BCUT2D eigenvalue weighted by Crippen LogP contribution is 2.21. The molecule has 9 heteroatoms. The maximum Gasteiger partial charge on any atom is 0.242 e. The van der Waals surface area contributed by atoms with E-state index < -0.39 is 0 Å². The summed E-state index contributed by atoms with van der Waals surface area (Å²) in [7, 11) is 0. The van der Waals surface area contributed by atoms with Crippen LogP contribution in [0.3, 0.4) is 0 Å². The van der Waals surface area contributed by atoms with Crippen LogP contribution >= 0.6 is 12.2 Å². The van der Waals surface area contributed by atoms with E-state index in [1.165, 1.54) is 0 Å². The van der Waals surface area contributed by atoms with E-state index in [1.54, 1.807) is 21.7 Å². The average Bonchev–Trinajstić information content (AvgIpc) is 3.15. The van der Waals surface area contributed by atoms with Gasteiger partial charge in [-0.2, -0.15) is 5.10 Å². The van der Waals surface area contributed by atoms with E-state index in [0.29, 0.717) is 29.5 Å². The molecule has 2 amide bonds. The summed E-state index contributed by atoms with van der Waals surface area (Å²) in [4.78, 5) is 31.8. The fourth-order valence-electron chi connectivity index (χ4n) is 3.89. The van der Waals surface area contributed by atoms with Crippen LogP contribution < -0.4 is 5.32 Å². The Balaban J connectivity index is 1.44. The molecule has 1 aromatic carbocycles. The summed E-state index contributed by atoms with van der Waals surface area (Å²) in [6, 6.07) is 11.6. The number of aromatic amines is 1. The van der Waals surface area contributed by atoms with Crippen LogP contribution in [0.5, 0.6) is 0 Å². The van der Waals surface area contributed by atoms with Gasteiger partial charge in [0, 0.05) is 24.8 Å². The minimum atomic E-state index is -0.274. The molecule has 1 atom stereocenters. The molecule has 1 aliphatic heterocycles. The molecule has 3 heterocycles. The Kier molecular flexibility index (Phi) is 6.45. The van der Waals surface area contributed by atoms with Crippen molar-refractivity contribution in [2.24, 2.45) is 5.92 Å². The lowest BCUT2D eigenvalue weighted by atomic mass is 9.97. The second kappa shape index (κ2) is 9.44. The first-order valence-electron chi connectivity index (χ1n) is 10.6. The maximum absolute atomic E-state index is 13.1. The molecule has 1 fully saturated rings. The molecule has 2 aromatic heterocycles. The molecule has 0 radical (unpaired) electrons. The van der Waals surface area contributed by atoms with Crippen molar-refractivity contribution in [2.45, 2.75) is 33.2 Å². The lowest BCUT2D eigenvalue weighted by molar-refractivity contribution is -0.135. The number of amides is 2. The van der Waals surface area contributed by atoms with E-state index in [1.807, 2.05) is 44.2 Å². The standard InChI is InChI=1S/C23H26N6O2S/c1-15-5-3-6-17(11-15)21-26-27-23(32)29(21)14-20(30)28-10-4-7-18(13-28)22(31)25-19-9-8-16(2)12-24-19/h3,5-6,8-9,11-12,18H,4,7,10,13-14H2,1-2H3,(H,27,32)(H,24,25,31). The van der Waals surface area contributed by atoms with E-state index in [0.717, 1.165) is 29.5 Å². The van der Waals surface area contributed by atoms with Gasteiger partial charge in [0.1, 0.15) is 12.4 Å².